The molecule has 0 aliphatic carbocycles. The van der Waals surface area contributed by atoms with Crippen LogP contribution in [0.5, 0.6) is 0 Å². The molecule has 0 aliphatic heterocycles. The molecular formula is C54H38N4. The molecule has 0 bridgehead atoms. The molecule has 4 heteroatoms. The smallest absolute Gasteiger partial charge is 0.160 e. The van der Waals surface area contributed by atoms with Crippen molar-refractivity contribution in [3.8, 4) is 56.4 Å². The standard InChI is InChI=1S/C54H38N4/c1-35-31-40(48-34-47(37-15-5-3-6-16-37)55-54(56-48)39-17-7-4-8-18-39)32-36(2)53(35)38-25-27-41(28-26-38)57-51-24-14-11-21-45(51)46-33-42(29-30-52(46)57)58-49-22-12-9-19-43(49)44-20-10-13-23-50(44)58/h3-34H,1-2H3. The van der Waals surface area contributed by atoms with Crippen molar-refractivity contribution in [2.75, 3.05) is 0 Å². The number of hydrogen-bond donors (Lipinski definition) is 0. The van der Waals surface area contributed by atoms with Crippen LogP contribution in [0.1, 0.15) is 11.1 Å². The zero-order valence-electron chi connectivity index (χ0n) is 32.3. The van der Waals surface area contributed by atoms with Gasteiger partial charge >= 0.3 is 0 Å². The van der Waals surface area contributed by atoms with Gasteiger partial charge in [-0.25, -0.2) is 9.97 Å². The summed E-state index contributed by atoms with van der Waals surface area (Å²) < 4.78 is 4.80. The molecule has 0 fully saturated rings. The first-order chi connectivity index (χ1) is 28.6. The van der Waals surface area contributed by atoms with Gasteiger partial charge in [-0.3, -0.25) is 0 Å². The Morgan fingerprint density at radius 2 is 0.776 bits per heavy atom. The number of nitrogens with zero attached hydrogens (tertiary/aromatic N) is 4. The Kier molecular flexibility index (Phi) is 7.90. The Morgan fingerprint density at radius 1 is 0.328 bits per heavy atom. The first-order valence-electron chi connectivity index (χ1n) is 19.8. The number of aromatic nitrogens is 4. The number of benzene rings is 8. The maximum Gasteiger partial charge on any atom is 0.160 e. The summed E-state index contributed by atoms with van der Waals surface area (Å²) in [5.41, 5.74) is 16.9. The van der Waals surface area contributed by atoms with Gasteiger partial charge < -0.3 is 9.13 Å². The Hall–Kier alpha value is -7.56. The molecule has 0 unspecified atom stereocenters. The van der Waals surface area contributed by atoms with Crippen LogP contribution >= 0.6 is 0 Å². The lowest BCUT2D eigenvalue weighted by Gasteiger charge is -2.15. The third-order valence-electron chi connectivity index (χ3n) is 11.6. The molecule has 0 amide bonds. The van der Waals surface area contributed by atoms with Gasteiger partial charge in [0.15, 0.2) is 5.82 Å². The van der Waals surface area contributed by atoms with Crippen molar-refractivity contribution in [2.24, 2.45) is 0 Å². The van der Waals surface area contributed by atoms with Gasteiger partial charge in [0, 0.05) is 49.6 Å². The fourth-order valence-corrected chi connectivity index (χ4v) is 8.99. The molecule has 11 aromatic rings. The van der Waals surface area contributed by atoms with Gasteiger partial charge in [-0.15, -0.1) is 0 Å². The topological polar surface area (TPSA) is 35.6 Å². The molecule has 4 nitrogen and oxygen atoms in total. The van der Waals surface area contributed by atoms with Crippen molar-refractivity contribution >= 4 is 43.6 Å². The third-order valence-corrected chi connectivity index (χ3v) is 11.6. The first kappa shape index (κ1) is 33.8. The Balaban J connectivity index is 0.984. The molecule has 274 valence electrons. The summed E-state index contributed by atoms with van der Waals surface area (Å²) >= 11 is 0. The molecule has 0 saturated heterocycles. The molecule has 0 saturated carbocycles. The van der Waals surface area contributed by atoms with Gasteiger partial charge in [0.25, 0.3) is 0 Å². The average molecular weight is 743 g/mol. The summed E-state index contributed by atoms with van der Waals surface area (Å²) in [6, 6.07) is 69.4. The van der Waals surface area contributed by atoms with Crippen LogP contribution in [0.15, 0.2) is 194 Å². The van der Waals surface area contributed by atoms with Gasteiger partial charge in [-0.2, -0.15) is 0 Å². The molecule has 58 heavy (non-hydrogen) atoms. The minimum Gasteiger partial charge on any atom is -0.309 e. The van der Waals surface area contributed by atoms with Gasteiger partial charge in [0.2, 0.25) is 0 Å². The zero-order chi connectivity index (χ0) is 38.7. The van der Waals surface area contributed by atoms with Crippen LogP contribution in [0.25, 0.3) is 100 Å². The highest BCUT2D eigenvalue weighted by Crippen LogP contribution is 2.38. The SMILES string of the molecule is Cc1cc(-c2cc(-c3ccccc3)nc(-c3ccccc3)n2)cc(C)c1-c1ccc(-n2c3ccccc3c3cc(-n4c5ccccc5c5ccccc54)ccc32)cc1. The van der Waals surface area contributed by atoms with Gasteiger partial charge in [-0.1, -0.05) is 127 Å². The fraction of sp³-hybridized carbons (Fsp3) is 0.0370. The maximum atomic E-state index is 5.11. The van der Waals surface area contributed by atoms with E-state index in [1.807, 2.05) is 24.3 Å². The van der Waals surface area contributed by atoms with E-state index in [-0.39, 0.29) is 0 Å². The number of aryl methyl sites for hydroxylation is 2. The van der Waals surface area contributed by atoms with E-state index in [2.05, 4.69) is 193 Å². The Morgan fingerprint density at radius 3 is 1.36 bits per heavy atom. The van der Waals surface area contributed by atoms with Crippen molar-refractivity contribution in [3.05, 3.63) is 205 Å². The van der Waals surface area contributed by atoms with Crippen LogP contribution in [0.3, 0.4) is 0 Å². The molecule has 8 aromatic carbocycles. The van der Waals surface area contributed by atoms with Crippen LogP contribution in [-0.4, -0.2) is 19.1 Å². The van der Waals surface area contributed by atoms with E-state index in [1.54, 1.807) is 0 Å². The average Bonchev–Trinajstić information content (AvgIpc) is 3.79. The highest BCUT2D eigenvalue weighted by molar-refractivity contribution is 6.12. The van der Waals surface area contributed by atoms with E-state index in [0.717, 1.165) is 45.3 Å². The molecule has 0 aliphatic rings. The third kappa shape index (κ3) is 5.53. The van der Waals surface area contributed by atoms with E-state index in [0.29, 0.717) is 0 Å². The molecule has 0 spiro atoms. The van der Waals surface area contributed by atoms with E-state index in [9.17, 15) is 0 Å². The van der Waals surface area contributed by atoms with Crippen LogP contribution < -0.4 is 0 Å². The monoisotopic (exact) mass is 742 g/mol. The second-order valence-electron chi connectivity index (χ2n) is 15.1. The number of hydrogen-bond acceptors (Lipinski definition) is 2. The fourth-order valence-electron chi connectivity index (χ4n) is 8.99. The van der Waals surface area contributed by atoms with E-state index < -0.39 is 0 Å². The van der Waals surface area contributed by atoms with E-state index in [1.165, 1.54) is 65.9 Å². The maximum absolute atomic E-state index is 5.11. The van der Waals surface area contributed by atoms with Crippen molar-refractivity contribution in [1.29, 1.82) is 0 Å². The van der Waals surface area contributed by atoms with Crippen LogP contribution in [0, 0.1) is 13.8 Å². The Labute approximate surface area is 337 Å². The van der Waals surface area contributed by atoms with Gasteiger partial charge in [0.1, 0.15) is 0 Å². The lowest BCUT2D eigenvalue weighted by molar-refractivity contribution is 1.16. The van der Waals surface area contributed by atoms with Crippen molar-refractivity contribution in [3.63, 3.8) is 0 Å². The van der Waals surface area contributed by atoms with E-state index >= 15 is 0 Å². The largest absolute Gasteiger partial charge is 0.309 e. The minimum absolute atomic E-state index is 0.722. The van der Waals surface area contributed by atoms with Crippen LogP contribution in [-0.2, 0) is 0 Å². The Bertz CT molecular complexity index is 3200. The second kappa shape index (κ2) is 13.6. The molecule has 3 heterocycles. The molecule has 0 N–H and O–H groups in total. The van der Waals surface area contributed by atoms with Crippen molar-refractivity contribution in [2.45, 2.75) is 13.8 Å². The molecular weight excluding hydrogens is 705 g/mol. The van der Waals surface area contributed by atoms with Crippen LogP contribution in [0.2, 0.25) is 0 Å². The molecule has 0 atom stereocenters. The molecule has 11 rings (SSSR count). The summed E-state index contributed by atoms with van der Waals surface area (Å²) in [4.78, 5) is 10.1. The van der Waals surface area contributed by atoms with Crippen molar-refractivity contribution in [1.82, 2.24) is 19.1 Å². The lowest BCUT2D eigenvalue weighted by Crippen LogP contribution is -1.98. The normalized spacial score (nSPS) is 11.6. The summed E-state index contributed by atoms with van der Waals surface area (Å²) in [7, 11) is 0. The summed E-state index contributed by atoms with van der Waals surface area (Å²) in [6.45, 7) is 4.41. The summed E-state index contributed by atoms with van der Waals surface area (Å²) in [6.07, 6.45) is 0. The number of fused-ring (bicyclic) bond motifs is 6. The number of rotatable bonds is 6. The molecule has 0 radical (unpaired) electrons. The van der Waals surface area contributed by atoms with Gasteiger partial charge in [-0.05, 0) is 103 Å². The van der Waals surface area contributed by atoms with Gasteiger partial charge in [0.05, 0.1) is 33.5 Å². The minimum atomic E-state index is 0.722. The summed E-state index contributed by atoms with van der Waals surface area (Å²) in [5, 5.41) is 5.01. The number of para-hydroxylation sites is 3. The second-order valence-corrected chi connectivity index (χ2v) is 15.1. The van der Waals surface area contributed by atoms with E-state index in [4.69, 9.17) is 9.97 Å². The van der Waals surface area contributed by atoms with Crippen LogP contribution in [0.4, 0.5) is 0 Å². The summed E-state index contributed by atoms with van der Waals surface area (Å²) in [5.74, 6) is 0.722. The lowest BCUT2D eigenvalue weighted by atomic mass is 9.92. The highest BCUT2D eigenvalue weighted by Gasteiger charge is 2.18. The highest BCUT2D eigenvalue weighted by atomic mass is 15.0. The molecule has 3 aromatic heterocycles. The predicted octanol–water partition coefficient (Wildman–Crippen LogP) is 14.0. The predicted molar refractivity (Wildman–Crippen MR) is 242 cm³/mol. The zero-order valence-corrected chi connectivity index (χ0v) is 32.3. The first-order valence-corrected chi connectivity index (χ1v) is 19.8. The quantitative estimate of drug-likeness (QED) is 0.170. The van der Waals surface area contributed by atoms with Crippen molar-refractivity contribution < 1.29 is 0 Å².